The van der Waals surface area contributed by atoms with E-state index in [1.54, 1.807) is 17.0 Å². The van der Waals surface area contributed by atoms with Crippen LogP contribution in [0.15, 0.2) is 18.2 Å². The standard InChI is InChI=1S/C28H45ClN4O6S/c1-17(2)11-19(26(36)30-25-22-14-20(29)8-7-18(22)13-24(25)35)12-21(34)15-32-9-10-33(40(6,38)39)16-23(32)27(37)31-28(3,4)5/h7-8,14,17,19,21,23-25,34-35H,9-13,15-16H2,1-6H3,(H,30,36)(H,31,37)/t19-,21+,23+,24-,25+/m1/s1. The Morgan fingerprint density at radius 3 is 2.45 bits per heavy atom. The molecule has 1 fully saturated rings. The highest BCUT2D eigenvalue weighted by atomic mass is 35.5. The first-order chi connectivity index (χ1) is 18.4. The number of carbonyl (C=O) groups is 2. The van der Waals surface area contributed by atoms with E-state index in [0.717, 1.165) is 17.4 Å². The molecule has 1 aromatic carbocycles. The number of β-amino-alcohol motifs (C(OH)–C–C–N with tert-alkyl or cyclic N) is 1. The number of hydrogen-bond donors (Lipinski definition) is 4. The lowest BCUT2D eigenvalue weighted by atomic mass is 9.90. The van der Waals surface area contributed by atoms with E-state index in [2.05, 4.69) is 10.6 Å². The predicted octanol–water partition coefficient (Wildman–Crippen LogP) is 1.69. The Morgan fingerprint density at radius 2 is 1.85 bits per heavy atom. The van der Waals surface area contributed by atoms with Crippen molar-refractivity contribution >= 4 is 33.4 Å². The number of fused-ring (bicyclic) bond motifs is 1. The van der Waals surface area contributed by atoms with Gasteiger partial charge in [0.1, 0.15) is 6.04 Å². The summed E-state index contributed by atoms with van der Waals surface area (Å²) < 4.78 is 25.7. The summed E-state index contributed by atoms with van der Waals surface area (Å²) in [5, 5.41) is 28.2. The van der Waals surface area contributed by atoms with Crippen molar-refractivity contribution in [2.45, 2.75) is 83.7 Å². The lowest BCUT2D eigenvalue weighted by Crippen LogP contribution is -2.62. The van der Waals surface area contributed by atoms with E-state index in [4.69, 9.17) is 11.6 Å². The highest BCUT2D eigenvalue weighted by Crippen LogP contribution is 2.34. The van der Waals surface area contributed by atoms with Crippen LogP contribution in [0.2, 0.25) is 5.02 Å². The van der Waals surface area contributed by atoms with Gasteiger partial charge in [0.15, 0.2) is 0 Å². The molecule has 1 aliphatic carbocycles. The summed E-state index contributed by atoms with van der Waals surface area (Å²) in [6.45, 7) is 10.2. The van der Waals surface area contributed by atoms with Gasteiger partial charge in [-0.2, -0.15) is 4.31 Å². The van der Waals surface area contributed by atoms with Crippen LogP contribution in [-0.4, -0.2) is 95.9 Å². The molecule has 4 N–H and O–H groups in total. The molecule has 5 atom stereocenters. The fourth-order valence-corrected chi connectivity index (χ4v) is 6.61. The summed E-state index contributed by atoms with van der Waals surface area (Å²) >= 11 is 6.17. The van der Waals surface area contributed by atoms with Crippen molar-refractivity contribution in [3.63, 3.8) is 0 Å². The van der Waals surface area contributed by atoms with Gasteiger partial charge in [0, 0.05) is 49.1 Å². The van der Waals surface area contributed by atoms with E-state index in [9.17, 15) is 28.2 Å². The molecule has 3 rings (SSSR count). The molecule has 1 heterocycles. The molecule has 2 aliphatic rings. The minimum atomic E-state index is -3.49. The minimum absolute atomic E-state index is 0.00902. The zero-order valence-corrected chi connectivity index (χ0v) is 25.9. The minimum Gasteiger partial charge on any atom is -0.392 e. The average molecular weight is 601 g/mol. The molecule has 0 saturated carbocycles. The Labute approximate surface area is 243 Å². The van der Waals surface area contributed by atoms with Crippen molar-refractivity contribution in [1.82, 2.24) is 19.8 Å². The van der Waals surface area contributed by atoms with Crippen molar-refractivity contribution in [3.05, 3.63) is 34.3 Å². The topological polar surface area (TPSA) is 139 Å². The van der Waals surface area contributed by atoms with E-state index in [1.807, 2.05) is 40.7 Å². The molecule has 0 unspecified atom stereocenters. The van der Waals surface area contributed by atoms with Crippen LogP contribution in [-0.2, 0) is 26.0 Å². The van der Waals surface area contributed by atoms with E-state index in [-0.39, 0.29) is 50.3 Å². The SMILES string of the molecule is CC(C)C[C@H](C[C@H](O)CN1CCN(S(C)(=O)=O)C[C@H]1C(=O)NC(C)(C)C)C(=O)N[C@H]1c2cc(Cl)ccc2C[C@H]1O. The van der Waals surface area contributed by atoms with Crippen LogP contribution in [0.1, 0.15) is 64.6 Å². The number of hydrogen-bond acceptors (Lipinski definition) is 7. The third-order valence-electron chi connectivity index (χ3n) is 7.41. The van der Waals surface area contributed by atoms with Gasteiger partial charge in [0.25, 0.3) is 0 Å². The lowest BCUT2D eigenvalue weighted by Gasteiger charge is -2.41. The average Bonchev–Trinajstić information content (AvgIpc) is 3.10. The summed E-state index contributed by atoms with van der Waals surface area (Å²) in [6.07, 6.45) is 0.541. The van der Waals surface area contributed by atoms with Crippen LogP contribution in [0, 0.1) is 11.8 Å². The molecule has 12 heteroatoms. The molecule has 1 saturated heterocycles. The molecule has 1 aliphatic heterocycles. The van der Waals surface area contributed by atoms with E-state index in [1.165, 1.54) is 4.31 Å². The predicted molar refractivity (Wildman–Crippen MR) is 155 cm³/mol. The van der Waals surface area contributed by atoms with Crippen LogP contribution in [0.25, 0.3) is 0 Å². The van der Waals surface area contributed by atoms with Gasteiger partial charge in [-0.15, -0.1) is 0 Å². The van der Waals surface area contributed by atoms with E-state index < -0.39 is 45.8 Å². The molecule has 2 amide bonds. The van der Waals surface area contributed by atoms with Gasteiger partial charge in [-0.05, 0) is 62.8 Å². The molecule has 0 radical (unpaired) electrons. The maximum atomic E-state index is 13.5. The van der Waals surface area contributed by atoms with Crippen LogP contribution >= 0.6 is 11.6 Å². The fourth-order valence-electron chi connectivity index (χ4n) is 5.61. The highest BCUT2D eigenvalue weighted by Gasteiger charge is 2.39. The van der Waals surface area contributed by atoms with Crippen LogP contribution in [0.3, 0.4) is 0 Å². The number of nitrogens with zero attached hydrogens (tertiary/aromatic N) is 2. The summed E-state index contributed by atoms with van der Waals surface area (Å²) in [5.74, 6) is -0.906. The molecule has 40 heavy (non-hydrogen) atoms. The van der Waals surface area contributed by atoms with Gasteiger partial charge in [-0.3, -0.25) is 14.5 Å². The number of carbonyl (C=O) groups excluding carboxylic acids is 2. The number of rotatable bonds is 10. The van der Waals surface area contributed by atoms with Crippen molar-refractivity contribution < 1.29 is 28.2 Å². The molecule has 0 bridgehead atoms. The maximum Gasteiger partial charge on any atom is 0.239 e. The number of benzene rings is 1. The normalized spacial score (nSPS) is 24.0. The van der Waals surface area contributed by atoms with Gasteiger partial charge in [-0.25, -0.2) is 8.42 Å². The zero-order chi connectivity index (χ0) is 30.0. The number of nitrogens with one attached hydrogen (secondary N) is 2. The Bertz CT molecular complexity index is 1170. The summed E-state index contributed by atoms with van der Waals surface area (Å²) in [6, 6.07) is 4.04. The van der Waals surface area contributed by atoms with Gasteiger partial charge < -0.3 is 20.8 Å². The number of aliphatic hydroxyl groups excluding tert-OH is 2. The second-order valence-corrected chi connectivity index (χ2v) is 15.1. The number of piperazine rings is 1. The van der Waals surface area contributed by atoms with Gasteiger partial charge in [-0.1, -0.05) is 31.5 Å². The molecule has 0 spiro atoms. The number of amides is 2. The molecular weight excluding hydrogens is 556 g/mol. The third-order valence-corrected chi connectivity index (χ3v) is 8.91. The van der Waals surface area contributed by atoms with Gasteiger partial charge in [0.05, 0.1) is 24.5 Å². The number of halogens is 1. The van der Waals surface area contributed by atoms with Crippen LogP contribution < -0.4 is 10.6 Å². The highest BCUT2D eigenvalue weighted by molar-refractivity contribution is 7.88. The molecular formula is C28H45ClN4O6S. The summed E-state index contributed by atoms with van der Waals surface area (Å²) in [7, 11) is -3.49. The lowest BCUT2D eigenvalue weighted by molar-refractivity contribution is -0.131. The molecule has 1 aromatic rings. The third kappa shape index (κ3) is 8.87. The van der Waals surface area contributed by atoms with Crippen LogP contribution in [0.5, 0.6) is 0 Å². The van der Waals surface area contributed by atoms with Crippen molar-refractivity contribution in [2.24, 2.45) is 11.8 Å². The first kappa shape index (κ1) is 32.8. The quantitative estimate of drug-likeness (QED) is 0.320. The Morgan fingerprint density at radius 1 is 1.18 bits per heavy atom. The van der Waals surface area contributed by atoms with Gasteiger partial charge >= 0.3 is 0 Å². The van der Waals surface area contributed by atoms with Crippen molar-refractivity contribution in [1.29, 1.82) is 0 Å². The van der Waals surface area contributed by atoms with Gasteiger partial charge in [0.2, 0.25) is 21.8 Å². The monoisotopic (exact) mass is 600 g/mol. The van der Waals surface area contributed by atoms with Crippen molar-refractivity contribution in [2.75, 3.05) is 32.4 Å². The smallest absolute Gasteiger partial charge is 0.239 e. The summed E-state index contributed by atoms with van der Waals surface area (Å²) in [4.78, 5) is 28.4. The molecule has 10 nitrogen and oxygen atoms in total. The summed E-state index contributed by atoms with van der Waals surface area (Å²) in [5.41, 5.74) is 1.23. The molecule has 0 aromatic heterocycles. The van der Waals surface area contributed by atoms with Crippen molar-refractivity contribution in [3.8, 4) is 0 Å². The zero-order valence-electron chi connectivity index (χ0n) is 24.4. The largest absolute Gasteiger partial charge is 0.392 e. The molecule has 226 valence electrons. The Balaban J connectivity index is 1.72. The second kappa shape index (κ2) is 13.0. The number of sulfonamides is 1. The maximum absolute atomic E-state index is 13.5. The first-order valence-corrected chi connectivity index (χ1v) is 16.1. The van der Waals surface area contributed by atoms with E-state index >= 15 is 0 Å². The number of aliphatic hydroxyl groups is 2. The first-order valence-electron chi connectivity index (χ1n) is 13.9. The van der Waals surface area contributed by atoms with Crippen LogP contribution in [0.4, 0.5) is 0 Å². The second-order valence-electron chi connectivity index (χ2n) is 12.7. The fraction of sp³-hybridized carbons (Fsp3) is 0.714. The Hall–Kier alpha value is -1.76. The van der Waals surface area contributed by atoms with E-state index in [0.29, 0.717) is 17.9 Å². The Kier molecular flexibility index (Phi) is 10.7.